The molecule has 0 spiro atoms. The van der Waals surface area contributed by atoms with Gasteiger partial charge in [-0.2, -0.15) is 0 Å². The number of pyridine rings is 1. The maximum Gasteiger partial charge on any atom is 0.508 e. The Morgan fingerprint density at radius 2 is 1.03 bits per heavy atom. The molecule has 0 radical (unpaired) electrons. The molecule has 58 heavy (non-hydrogen) atoms. The lowest BCUT2D eigenvalue weighted by Gasteiger charge is -2.24. The lowest BCUT2D eigenvalue weighted by molar-refractivity contribution is -0.145. The van der Waals surface area contributed by atoms with E-state index in [2.05, 4.69) is 29.2 Å². The van der Waals surface area contributed by atoms with Crippen LogP contribution >= 0.6 is 0 Å². The molecule has 5 aromatic carbocycles. The quantitative estimate of drug-likeness (QED) is 0.0548. The lowest BCUT2D eigenvalue weighted by Crippen LogP contribution is -2.26. The van der Waals surface area contributed by atoms with Crippen LogP contribution in [0, 0.1) is 0 Å². The average molecular weight is 770 g/mol. The maximum absolute atomic E-state index is 13.8. The number of aromatic nitrogens is 2. The number of hydrogen-bond acceptors (Lipinski definition) is 8. The standard InChI is InChI=1S/C49H43N3O6/c53-47(55-33-37-13-5-1-6-14-37)31-46(52-30-27-44(32-52)41-23-21-40(22-24-41)42-25-28-50-29-26-42)48(56-34-38-15-7-2-8-16-38)51-45(43-19-11-4-12-20-43)36-58-49(54)57-35-39-17-9-3-10-18-39/h1-30,32,45-46H,31,33-36H2/t45-,46-/m1/s1. The SMILES string of the molecule is O=C(C[C@H](C(=N[C@H](COC(=O)OCc1ccccc1)c1ccccc1)OCc1ccccc1)n1ccc(-c2ccc(-c3ccncc3)cc2)c1)OCc1ccccc1. The van der Waals surface area contributed by atoms with Gasteiger partial charge in [0, 0.05) is 24.8 Å². The van der Waals surface area contributed by atoms with Crippen LogP contribution in [0.25, 0.3) is 22.3 Å². The molecule has 290 valence electrons. The highest BCUT2D eigenvalue weighted by molar-refractivity contribution is 5.86. The third kappa shape index (κ3) is 11.2. The van der Waals surface area contributed by atoms with Crippen molar-refractivity contribution in [1.82, 2.24) is 9.55 Å². The molecule has 0 N–H and O–H groups in total. The van der Waals surface area contributed by atoms with Crippen molar-refractivity contribution in [1.29, 1.82) is 0 Å². The molecule has 0 aliphatic rings. The van der Waals surface area contributed by atoms with E-state index in [4.69, 9.17) is 23.9 Å². The highest BCUT2D eigenvalue weighted by Gasteiger charge is 2.27. The first kappa shape index (κ1) is 39.0. The van der Waals surface area contributed by atoms with Gasteiger partial charge in [-0.15, -0.1) is 0 Å². The minimum atomic E-state index is -0.822. The number of hydrogen-bond donors (Lipinski definition) is 0. The maximum atomic E-state index is 13.8. The number of esters is 1. The lowest BCUT2D eigenvalue weighted by atomic mass is 10.0. The molecule has 2 heterocycles. The Morgan fingerprint density at radius 3 is 1.62 bits per heavy atom. The summed E-state index contributed by atoms with van der Waals surface area (Å²) in [6.45, 7) is 0.235. The van der Waals surface area contributed by atoms with Crippen LogP contribution in [0.5, 0.6) is 0 Å². The van der Waals surface area contributed by atoms with Crippen molar-refractivity contribution in [3.05, 3.63) is 211 Å². The van der Waals surface area contributed by atoms with Crippen molar-refractivity contribution in [2.45, 2.75) is 38.3 Å². The highest BCUT2D eigenvalue weighted by atomic mass is 16.7. The van der Waals surface area contributed by atoms with Crippen LogP contribution in [0.4, 0.5) is 4.79 Å². The molecule has 9 nitrogen and oxygen atoms in total. The molecular formula is C49H43N3O6. The van der Waals surface area contributed by atoms with Gasteiger partial charge >= 0.3 is 12.1 Å². The Hall–Kier alpha value is -7.26. The van der Waals surface area contributed by atoms with Gasteiger partial charge in [0.2, 0.25) is 5.90 Å². The zero-order valence-electron chi connectivity index (χ0n) is 31.9. The van der Waals surface area contributed by atoms with Crippen LogP contribution in [0.2, 0.25) is 0 Å². The Labute approximate surface area is 338 Å². The van der Waals surface area contributed by atoms with Crippen LogP contribution in [-0.4, -0.2) is 34.2 Å². The van der Waals surface area contributed by atoms with Crippen LogP contribution in [0.15, 0.2) is 194 Å². The van der Waals surface area contributed by atoms with Crippen LogP contribution in [0.1, 0.15) is 40.8 Å². The second-order valence-corrected chi connectivity index (χ2v) is 13.5. The van der Waals surface area contributed by atoms with Gasteiger partial charge in [0.15, 0.2) is 0 Å². The summed E-state index contributed by atoms with van der Waals surface area (Å²) in [7, 11) is 0. The fourth-order valence-electron chi connectivity index (χ4n) is 6.35. The highest BCUT2D eigenvalue weighted by Crippen LogP contribution is 2.29. The zero-order chi connectivity index (χ0) is 39.8. The zero-order valence-corrected chi connectivity index (χ0v) is 31.9. The van der Waals surface area contributed by atoms with E-state index in [0.717, 1.165) is 44.5 Å². The van der Waals surface area contributed by atoms with Gasteiger partial charge in [0.25, 0.3) is 0 Å². The second-order valence-electron chi connectivity index (χ2n) is 13.5. The Balaban J connectivity index is 1.21. The summed E-state index contributed by atoms with van der Waals surface area (Å²) < 4.78 is 25.4. The van der Waals surface area contributed by atoms with Crippen molar-refractivity contribution in [2.24, 2.45) is 4.99 Å². The summed E-state index contributed by atoms with van der Waals surface area (Å²) in [5.74, 6) is -0.162. The van der Waals surface area contributed by atoms with E-state index in [0.29, 0.717) is 0 Å². The van der Waals surface area contributed by atoms with E-state index in [1.165, 1.54) is 0 Å². The van der Waals surface area contributed by atoms with Gasteiger partial charge in [0.1, 0.15) is 38.5 Å². The predicted octanol–water partition coefficient (Wildman–Crippen LogP) is 10.6. The van der Waals surface area contributed by atoms with Crippen molar-refractivity contribution in [3.63, 3.8) is 0 Å². The van der Waals surface area contributed by atoms with E-state index in [9.17, 15) is 9.59 Å². The first-order valence-electron chi connectivity index (χ1n) is 19.1. The molecule has 0 saturated carbocycles. The van der Waals surface area contributed by atoms with Crippen molar-refractivity contribution in [3.8, 4) is 22.3 Å². The number of carbonyl (C=O) groups is 2. The molecule has 0 saturated heterocycles. The smallest absolute Gasteiger partial charge is 0.475 e. The molecule has 0 bridgehead atoms. The van der Waals surface area contributed by atoms with E-state index in [1.807, 2.05) is 156 Å². The number of ether oxygens (including phenoxy) is 4. The first-order chi connectivity index (χ1) is 28.6. The Bertz CT molecular complexity index is 2350. The molecule has 7 rings (SSSR count). The molecule has 0 fully saturated rings. The normalized spacial score (nSPS) is 12.2. The molecule has 2 aromatic heterocycles. The van der Waals surface area contributed by atoms with Gasteiger partial charge in [-0.3, -0.25) is 9.78 Å². The Kier molecular flexibility index (Phi) is 13.5. The number of benzene rings is 5. The molecule has 0 amide bonds. The van der Waals surface area contributed by atoms with E-state index < -0.39 is 24.2 Å². The molecule has 0 unspecified atom stereocenters. The van der Waals surface area contributed by atoms with E-state index >= 15 is 0 Å². The molecule has 0 aliphatic carbocycles. The summed E-state index contributed by atoms with van der Waals surface area (Å²) in [6.07, 6.45) is 6.54. The van der Waals surface area contributed by atoms with Crippen molar-refractivity contribution < 1.29 is 28.5 Å². The van der Waals surface area contributed by atoms with Crippen LogP contribution in [0.3, 0.4) is 0 Å². The largest absolute Gasteiger partial charge is 0.508 e. The molecule has 7 aromatic rings. The second kappa shape index (κ2) is 20.1. The van der Waals surface area contributed by atoms with Gasteiger partial charge in [0.05, 0.1) is 6.42 Å². The van der Waals surface area contributed by atoms with Crippen molar-refractivity contribution >= 4 is 18.0 Å². The summed E-state index contributed by atoms with van der Waals surface area (Å²) >= 11 is 0. The monoisotopic (exact) mass is 769 g/mol. The van der Waals surface area contributed by atoms with Gasteiger partial charge < -0.3 is 23.5 Å². The summed E-state index contributed by atoms with van der Waals surface area (Å²) in [4.78, 5) is 35.9. The average Bonchev–Trinajstić information content (AvgIpc) is 3.79. The van der Waals surface area contributed by atoms with Crippen LogP contribution < -0.4 is 0 Å². The number of nitrogens with zero attached hydrogens (tertiary/aromatic N) is 3. The first-order valence-corrected chi connectivity index (χ1v) is 19.1. The number of aliphatic imine (C=N–C) groups is 1. The van der Waals surface area contributed by atoms with E-state index in [1.54, 1.807) is 12.4 Å². The number of carbonyl (C=O) groups excluding carboxylic acids is 2. The third-order valence-corrected chi connectivity index (χ3v) is 9.45. The summed E-state index contributed by atoms with van der Waals surface area (Å²) in [5, 5.41) is 0. The summed E-state index contributed by atoms with van der Waals surface area (Å²) in [6, 6.07) is 51.0. The topological polar surface area (TPSA) is 101 Å². The van der Waals surface area contributed by atoms with Crippen molar-refractivity contribution in [2.75, 3.05) is 6.61 Å². The fourth-order valence-corrected chi connectivity index (χ4v) is 6.35. The fraction of sp³-hybridized carbons (Fsp3) is 0.143. The molecule has 0 aliphatic heterocycles. The van der Waals surface area contributed by atoms with Gasteiger partial charge in [-0.1, -0.05) is 146 Å². The number of rotatable bonds is 16. The minimum absolute atomic E-state index is 0.0694. The molecular weight excluding hydrogens is 727 g/mol. The van der Waals surface area contributed by atoms with Crippen LogP contribution in [-0.2, 0) is 43.6 Å². The predicted molar refractivity (Wildman–Crippen MR) is 223 cm³/mol. The van der Waals surface area contributed by atoms with Gasteiger partial charge in [-0.25, -0.2) is 9.79 Å². The molecule has 2 atom stereocenters. The summed E-state index contributed by atoms with van der Waals surface area (Å²) in [5.41, 5.74) is 7.50. The Morgan fingerprint density at radius 1 is 0.534 bits per heavy atom. The van der Waals surface area contributed by atoms with E-state index in [-0.39, 0.29) is 38.7 Å². The minimum Gasteiger partial charge on any atom is -0.475 e. The third-order valence-electron chi connectivity index (χ3n) is 9.45. The molecule has 9 heteroatoms. The van der Waals surface area contributed by atoms with Gasteiger partial charge in [-0.05, 0) is 62.7 Å².